The maximum absolute atomic E-state index is 8.94. The quantitative estimate of drug-likeness (QED) is 0.661. The van der Waals surface area contributed by atoms with Crippen LogP contribution in [0, 0.1) is 22.2 Å². The van der Waals surface area contributed by atoms with Crippen molar-refractivity contribution < 1.29 is 0 Å². The Kier molecular flexibility index (Phi) is 1.89. The number of rotatable bonds is 3. The summed E-state index contributed by atoms with van der Waals surface area (Å²) in [5.74, 6) is 0. The third kappa shape index (κ3) is 1.58. The summed E-state index contributed by atoms with van der Waals surface area (Å²) in [6, 6.07) is 2.46. The van der Waals surface area contributed by atoms with Gasteiger partial charge >= 0.3 is 0 Å². The predicted octanol–water partition coefficient (Wildman–Crippen LogP) is 2.02. The molecule has 0 unspecified atom stereocenters. The SMILES string of the molecule is CCC1(C)CN(CC2(C#N)CC2)C1. The van der Waals surface area contributed by atoms with Crippen LogP contribution in [0.25, 0.3) is 0 Å². The van der Waals surface area contributed by atoms with Crippen LogP contribution in [0.4, 0.5) is 0 Å². The van der Waals surface area contributed by atoms with E-state index in [0.717, 1.165) is 19.4 Å². The van der Waals surface area contributed by atoms with Crippen LogP contribution in [0.2, 0.25) is 0 Å². The molecule has 0 N–H and O–H groups in total. The maximum atomic E-state index is 8.94. The minimum Gasteiger partial charge on any atom is -0.301 e. The molecule has 1 heterocycles. The fourth-order valence-electron chi connectivity index (χ4n) is 2.25. The molecule has 0 radical (unpaired) electrons. The second-order valence-electron chi connectivity index (χ2n) is 5.20. The first-order valence-corrected chi connectivity index (χ1v) is 5.25. The number of hydrogen-bond donors (Lipinski definition) is 0. The van der Waals surface area contributed by atoms with Crippen LogP contribution in [0.15, 0.2) is 0 Å². The van der Waals surface area contributed by atoms with E-state index in [4.69, 9.17) is 5.26 Å². The lowest BCUT2D eigenvalue weighted by Crippen LogP contribution is -2.55. The van der Waals surface area contributed by atoms with Gasteiger partial charge in [-0.3, -0.25) is 0 Å². The van der Waals surface area contributed by atoms with Crippen molar-refractivity contribution in [2.24, 2.45) is 10.8 Å². The lowest BCUT2D eigenvalue weighted by atomic mass is 9.79. The average Bonchev–Trinajstić information content (AvgIpc) is 2.83. The van der Waals surface area contributed by atoms with Gasteiger partial charge in [-0.2, -0.15) is 5.26 Å². The van der Waals surface area contributed by atoms with Crippen molar-refractivity contribution in [2.45, 2.75) is 33.1 Å². The van der Waals surface area contributed by atoms with Gasteiger partial charge in [0.15, 0.2) is 0 Å². The molecule has 0 amide bonds. The zero-order chi connectivity index (χ0) is 9.53. The minimum absolute atomic E-state index is 0.0646. The van der Waals surface area contributed by atoms with Crippen LogP contribution in [0.3, 0.4) is 0 Å². The van der Waals surface area contributed by atoms with Crippen LogP contribution in [-0.2, 0) is 0 Å². The van der Waals surface area contributed by atoms with Gasteiger partial charge in [-0.1, -0.05) is 13.8 Å². The second kappa shape index (κ2) is 2.72. The average molecular weight is 178 g/mol. The van der Waals surface area contributed by atoms with E-state index in [1.54, 1.807) is 0 Å². The zero-order valence-electron chi connectivity index (χ0n) is 8.64. The van der Waals surface area contributed by atoms with Crippen molar-refractivity contribution in [3.8, 4) is 6.07 Å². The first-order chi connectivity index (χ1) is 6.11. The molecule has 0 aromatic heterocycles. The Morgan fingerprint density at radius 2 is 2.00 bits per heavy atom. The maximum Gasteiger partial charge on any atom is 0.0703 e. The zero-order valence-corrected chi connectivity index (χ0v) is 8.64. The Morgan fingerprint density at radius 1 is 1.38 bits per heavy atom. The Labute approximate surface area is 80.5 Å². The molecular formula is C11H18N2. The van der Waals surface area contributed by atoms with Crippen LogP contribution >= 0.6 is 0 Å². The number of hydrogen-bond acceptors (Lipinski definition) is 2. The predicted molar refractivity (Wildman–Crippen MR) is 52.1 cm³/mol. The highest BCUT2D eigenvalue weighted by molar-refractivity contribution is 5.12. The number of nitrogens with zero attached hydrogens (tertiary/aromatic N) is 2. The highest BCUT2D eigenvalue weighted by Crippen LogP contribution is 2.47. The Morgan fingerprint density at radius 3 is 2.38 bits per heavy atom. The third-order valence-corrected chi connectivity index (χ3v) is 3.68. The highest BCUT2D eigenvalue weighted by Gasteiger charge is 2.48. The van der Waals surface area contributed by atoms with Gasteiger partial charge in [-0.05, 0) is 24.7 Å². The first-order valence-electron chi connectivity index (χ1n) is 5.25. The second-order valence-corrected chi connectivity index (χ2v) is 5.20. The molecule has 0 aromatic rings. The molecule has 2 heteroatoms. The lowest BCUT2D eigenvalue weighted by molar-refractivity contribution is 0.00359. The van der Waals surface area contributed by atoms with Gasteiger partial charge in [0, 0.05) is 19.6 Å². The Balaban J connectivity index is 1.79. The normalized spacial score (nSPS) is 29.0. The molecule has 0 bridgehead atoms. The fraction of sp³-hybridized carbons (Fsp3) is 0.909. The molecule has 1 aliphatic carbocycles. The van der Waals surface area contributed by atoms with E-state index in [0.29, 0.717) is 5.41 Å². The summed E-state index contributed by atoms with van der Waals surface area (Å²) in [5, 5.41) is 8.94. The van der Waals surface area contributed by atoms with Crippen molar-refractivity contribution in [1.29, 1.82) is 5.26 Å². The van der Waals surface area contributed by atoms with Crippen molar-refractivity contribution in [3.05, 3.63) is 0 Å². The van der Waals surface area contributed by atoms with E-state index in [9.17, 15) is 0 Å². The van der Waals surface area contributed by atoms with E-state index in [1.165, 1.54) is 19.5 Å². The van der Waals surface area contributed by atoms with Gasteiger partial charge in [-0.15, -0.1) is 0 Å². The fourth-order valence-corrected chi connectivity index (χ4v) is 2.25. The number of nitriles is 1. The molecule has 2 rings (SSSR count). The summed E-state index contributed by atoms with van der Waals surface area (Å²) in [6.45, 7) is 8.03. The molecule has 1 saturated carbocycles. The monoisotopic (exact) mass is 178 g/mol. The van der Waals surface area contributed by atoms with Gasteiger partial charge in [-0.25, -0.2) is 0 Å². The van der Waals surface area contributed by atoms with E-state index in [2.05, 4.69) is 24.8 Å². The van der Waals surface area contributed by atoms with E-state index in [1.807, 2.05) is 0 Å². The third-order valence-electron chi connectivity index (χ3n) is 3.68. The molecule has 0 spiro atoms. The smallest absolute Gasteiger partial charge is 0.0703 e. The molecule has 72 valence electrons. The van der Waals surface area contributed by atoms with Crippen molar-refractivity contribution in [3.63, 3.8) is 0 Å². The molecular weight excluding hydrogens is 160 g/mol. The molecule has 2 nitrogen and oxygen atoms in total. The van der Waals surface area contributed by atoms with Crippen LogP contribution in [0.5, 0.6) is 0 Å². The number of likely N-dealkylation sites (tertiary alicyclic amines) is 1. The summed E-state index contributed by atoms with van der Waals surface area (Å²) >= 11 is 0. The summed E-state index contributed by atoms with van der Waals surface area (Å²) < 4.78 is 0. The molecule has 2 fully saturated rings. The van der Waals surface area contributed by atoms with Gasteiger partial charge < -0.3 is 4.90 Å². The van der Waals surface area contributed by atoms with Gasteiger partial charge in [0.1, 0.15) is 0 Å². The van der Waals surface area contributed by atoms with Crippen molar-refractivity contribution in [1.82, 2.24) is 4.90 Å². The Bertz CT molecular complexity index is 241. The van der Waals surface area contributed by atoms with Gasteiger partial charge in [0.25, 0.3) is 0 Å². The summed E-state index contributed by atoms with van der Waals surface area (Å²) in [5.41, 5.74) is 0.612. The largest absolute Gasteiger partial charge is 0.301 e. The topological polar surface area (TPSA) is 27.0 Å². The van der Waals surface area contributed by atoms with Crippen LogP contribution in [0.1, 0.15) is 33.1 Å². The van der Waals surface area contributed by atoms with Gasteiger partial charge in [0.2, 0.25) is 0 Å². The molecule has 1 aliphatic heterocycles. The lowest BCUT2D eigenvalue weighted by Gasteiger charge is -2.48. The molecule has 0 aromatic carbocycles. The van der Waals surface area contributed by atoms with E-state index < -0.39 is 0 Å². The van der Waals surface area contributed by atoms with Crippen LogP contribution < -0.4 is 0 Å². The van der Waals surface area contributed by atoms with Gasteiger partial charge in [0.05, 0.1) is 11.5 Å². The van der Waals surface area contributed by atoms with Crippen molar-refractivity contribution in [2.75, 3.05) is 19.6 Å². The standard InChI is InChI=1S/C11H18N2/c1-3-10(2)7-13(8-10)9-11(6-12)4-5-11/h3-5,7-9H2,1-2H3. The minimum atomic E-state index is 0.0646. The summed E-state index contributed by atoms with van der Waals surface area (Å²) in [7, 11) is 0. The Hall–Kier alpha value is -0.550. The molecule has 1 saturated heterocycles. The van der Waals surface area contributed by atoms with Crippen LogP contribution in [-0.4, -0.2) is 24.5 Å². The first kappa shape index (κ1) is 9.02. The summed E-state index contributed by atoms with van der Waals surface area (Å²) in [6.07, 6.45) is 3.52. The van der Waals surface area contributed by atoms with Crippen molar-refractivity contribution >= 4 is 0 Å². The molecule has 13 heavy (non-hydrogen) atoms. The highest BCUT2D eigenvalue weighted by atomic mass is 15.2. The molecule has 2 aliphatic rings. The van der Waals surface area contributed by atoms with E-state index in [-0.39, 0.29) is 5.41 Å². The summed E-state index contributed by atoms with van der Waals surface area (Å²) in [4.78, 5) is 2.44. The van der Waals surface area contributed by atoms with E-state index >= 15 is 0 Å². The molecule has 0 atom stereocenters.